The van der Waals surface area contributed by atoms with Crippen LogP contribution in [-0.4, -0.2) is 39.8 Å². The zero-order valence-corrected chi connectivity index (χ0v) is 14.2. The van der Waals surface area contributed by atoms with Crippen molar-refractivity contribution in [2.45, 2.75) is 39.0 Å². The summed E-state index contributed by atoms with van der Waals surface area (Å²) in [6.07, 6.45) is 5.84. The lowest BCUT2D eigenvalue weighted by Crippen LogP contribution is -2.42. The van der Waals surface area contributed by atoms with E-state index in [0.29, 0.717) is 13.2 Å². The van der Waals surface area contributed by atoms with Crippen LogP contribution in [-0.2, 0) is 22.7 Å². The molecule has 1 aliphatic rings. The minimum absolute atomic E-state index is 0.119. The lowest BCUT2D eigenvalue weighted by Gasteiger charge is -2.27. The SMILES string of the molecule is C[C@@H](COCc1ccccc1)C(=O)N1CCC[C@@H]1Cn1cccn1. The normalized spacial score (nSPS) is 18.7. The van der Waals surface area contributed by atoms with E-state index >= 15 is 0 Å². The van der Waals surface area contributed by atoms with E-state index in [1.54, 1.807) is 6.20 Å². The van der Waals surface area contributed by atoms with E-state index in [-0.39, 0.29) is 17.9 Å². The zero-order chi connectivity index (χ0) is 16.8. The fourth-order valence-corrected chi connectivity index (χ4v) is 3.22. The molecule has 5 heteroatoms. The predicted octanol–water partition coefficient (Wildman–Crippen LogP) is 2.73. The standard InChI is InChI=1S/C19H25N3O2/c1-16(14-24-15-17-7-3-2-4-8-17)19(23)22-12-5-9-18(22)13-21-11-6-10-20-21/h2-4,6-8,10-11,16,18H,5,9,12-15H2,1H3/t16-,18+/m0/s1. The predicted molar refractivity (Wildman–Crippen MR) is 92.2 cm³/mol. The first-order valence-corrected chi connectivity index (χ1v) is 8.63. The second-order valence-electron chi connectivity index (χ2n) is 6.46. The van der Waals surface area contributed by atoms with E-state index in [9.17, 15) is 4.79 Å². The van der Waals surface area contributed by atoms with Crippen molar-refractivity contribution < 1.29 is 9.53 Å². The minimum atomic E-state index is -0.119. The fraction of sp³-hybridized carbons (Fsp3) is 0.474. The molecule has 3 rings (SSSR count). The summed E-state index contributed by atoms with van der Waals surface area (Å²) in [6, 6.07) is 12.2. The molecular formula is C19H25N3O2. The molecule has 24 heavy (non-hydrogen) atoms. The molecule has 0 aliphatic carbocycles. The van der Waals surface area contributed by atoms with Crippen molar-refractivity contribution in [3.63, 3.8) is 0 Å². The van der Waals surface area contributed by atoms with Crippen molar-refractivity contribution in [1.82, 2.24) is 14.7 Å². The molecule has 0 radical (unpaired) electrons. The Hall–Kier alpha value is -2.14. The molecule has 1 fully saturated rings. The smallest absolute Gasteiger partial charge is 0.228 e. The van der Waals surface area contributed by atoms with Crippen molar-refractivity contribution in [2.75, 3.05) is 13.2 Å². The lowest BCUT2D eigenvalue weighted by atomic mass is 10.1. The van der Waals surface area contributed by atoms with Gasteiger partial charge in [-0.1, -0.05) is 37.3 Å². The Morgan fingerprint density at radius 2 is 2.17 bits per heavy atom. The van der Waals surface area contributed by atoms with Crippen molar-refractivity contribution in [2.24, 2.45) is 5.92 Å². The Balaban J connectivity index is 1.48. The number of carbonyl (C=O) groups is 1. The van der Waals surface area contributed by atoms with E-state index < -0.39 is 0 Å². The van der Waals surface area contributed by atoms with Crippen LogP contribution in [0.4, 0.5) is 0 Å². The highest BCUT2D eigenvalue weighted by Gasteiger charge is 2.31. The number of likely N-dealkylation sites (tertiary alicyclic amines) is 1. The summed E-state index contributed by atoms with van der Waals surface area (Å²) < 4.78 is 7.65. The average molecular weight is 327 g/mol. The molecule has 1 aromatic carbocycles. The van der Waals surface area contributed by atoms with Gasteiger partial charge in [-0.3, -0.25) is 9.48 Å². The van der Waals surface area contributed by atoms with Gasteiger partial charge < -0.3 is 9.64 Å². The van der Waals surface area contributed by atoms with Crippen LogP contribution < -0.4 is 0 Å². The van der Waals surface area contributed by atoms with Gasteiger partial charge in [-0.25, -0.2) is 0 Å². The second-order valence-corrected chi connectivity index (χ2v) is 6.46. The fourth-order valence-electron chi connectivity index (χ4n) is 3.22. The largest absolute Gasteiger partial charge is 0.376 e. The van der Waals surface area contributed by atoms with Crippen molar-refractivity contribution >= 4 is 5.91 Å². The van der Waals surface area contributed by atoms with Gasteiger partial charge in [-0.05, 0) is 24.5 Å². The molecule has 2 atom stereocenters. The van der Waals surface area contributed by atoms with Crippen LogP contribution in [0, 0.1) is 5.92 Å². The van der Waals surface area contributed by atoms with Crippen LogP contribution in [0.5, 0.6) is 0 Å². The summed E-state index contributed by atoms with van der Waals surface area (Å²) in [4.78, 5) is 14.8. The number of hydrogen-bond donors (Lipinski definition) is 0. The van der Waals surface area contributed by atoms with Crippen LogP contribution in [0.15, 0.2) is 48.8 Å². The molecule has 1 amide bonds. The number of nitrogens with zero attached hydrogens (tertiary/aromatic N) is 3. The molecular weight excluding hydrogens is 302 g/mol. The first-order valence-electron chi connectivity index (χ1n) is 8.63. The monoisotopic (exact) mass is 327 g/mol. The number of carbonyl (C=O) groups excluding carboxylic acids is 1. The van der Waals surface area contributed by atoms with E-state index in [2.05, 4.69) is 5.10 Å². The van der Waals surface area contributed by atoms with Gasteiger partial charge in [0.15, 0.2) is 0 Å². The third kappa shape index (κ3) is 4.23. The van der Waals surface area contributed by atoms with Gasteiger partial charge in [0.2, 0.25) is 5.91 Å². The first kappa shape index (κ1) is 16.7. The lowest BCUT2D eigenvalue weighted by molar-refractivity contribution is -0.138. The van der Waals surface area contributed by atoms with Crippen LogP contribution in [0.2, 0.25) is 0 Å². The van der Waals surface area contributed by atoms with Gasteiger partial charge >= 0.3 is 0 Å². The molecule has 0 unspecified atom stereocenters. The number of benzene rings is 1. The topological polar surface area (TPSA) is 47.4 Å². The Bertz CT molecular complexity index is 627. The summed E-state index contributed by atoms with van der Waals surface area (Å²) in [5, 5.41) is 4.26. The summed E-state index contributed by atoms with van der Waals surface area (Å²) in [5.74, 6) is 0.0738. The van der Waals surface area contributed by atoms with Gasteiger partial charge in [-0.2, -0.15) is 5.10 Å². The van der Waals surface area contributed by atoms with Gasteiger partial charge in [0.1, 0.15) is 0 Å². The highest BCUT2D eigenvalue weighted by molar-refractivity contribution is 5.79. The maximum atomic E-state index is 12.7. The molecule has 1 aromatic heterocycles. The van der Waals surface area contributed by atoms with Crippen molar-refractivity contribution in [3.05, 3.63) is 54.4 Å². The maximum absolute atomic E-state index is 12.7. The second kappa shape index (κ2) is 8.11. The van der Waals surface area contributed by atoms with Crippen molar-refractivity contribution in [3.8, 4) is 0 Å². The number of rotatable bonds is 7. The summed E-state index contributed by atoms with van der Waals surface area (Å²) in [5.41, 5.74) is 1.13. The van der Waals surface area contributed by atoms with Gasteiger partial charge in [0.25, 0.3) is 0 Å². The molecule has 2 heterocycles. The highest BCUT2D eigenvalue weighted by Crippen LogP contribution is 2.21. The minimum Gasteiger partial charge on any atom is -0.376 e. The molecule has 0 spiro atoms. The Morgan fingerprint density at radius 1 is 1.33 bits per heavy atom. The molecule has 128 valence electrons. The molecule has 1 saturated heterocycles. The Morgan fingerprint density at radius 3 is 2.92 bits per heavy atom. The molecule has 0 bridgehead atoms. The highest BCUT2D eigenvalue weighted by atomic mass is 16.5. The number of aromatic nitrogens is 2. The van der Waals surface area contributed by atoms with Crippen LogP contribution in [0.1, 0.15) is 25.3 Å². The van der Waals surface area contributed by atoms with E-state index in [1.165, 1.54) is 0 Å². The Kier molecular flexibility index (Phi) is 5.64. The third-order valence-electron chi connectivity index (χ3n) is 4.52. The van der Waals surface area contributed by atoms with E-state index in [1.807, 2.05) is 59.1 Å². The third-order valence-corrected chi connectivity index (χ3v) is 4.52. The molecule has 0 N–H and O–H groups in total. The van der Waals surface area contributed by atoms with E-state index in [4.69, 9.17) is 4.74 Å². The first-order chi connectivity index (χ1) is 11.7. The number of hydrogen-bond acceptors (Lipinski definition) is 3. The Labute approximate surface area is 143 Å². The number of amides is 1. The molecule has 2 aromatic rings. The van der Waals surface area contributed by atoms with Crippen LogP contribution >= 0.6 is 0 Å². The van der Waals surface area contributed by atoms with Crippen LogP contribution in [0.3, 0.4) is 0 Å². The van der Waals surface area contributed by atoms with Gasteiger partial charge in [0, 0.05) is 18.9 Å². The molecule has 5 nitrogen and oxygen atoms in total. The number of ether oxygens (including phenoxy) is 1. The maximum Gasteiger partial charge on any atom is 0.228 e. The quantitative estimate of drug-likeness (QED) is 0.785. The summed E-state index contributed by atoms with van der Waals surface area (Å²) in [6.45, 7) is 4.58. The van der Waals surface area contributed by atoms with Crippen molar-refractivity contribution in [1.29, 1.82) is 0 Å². The van der Waals surface area contributed by atoms with Crippen LogP contribution in [0.25, 0.3) is 0 Å². The molecule has 1 aliphatic heterocycles. The molecule has 0 saturated carbocycles. The zero-order valence-electron chi connectivity index (χ0n) is 14.2. The van der Waals surface area contributed by atoms with Gasteiger partial charge in [0.05, 0.1) is 31.7 Å². The van der Waals surface area contributed by atoms with Gasteiger partial charge in [-0.15, -0.1) is 0 Å². The average Bonchev–Trinajstić information content (AvgIpc) is 3.27. The summed E-state index contributed by atoms with van der Waals surface area (Å²) in [7, 11) is 0. The van der Waals surface area contributed by atoms with E-state index in [0.717, 1.165) is 31.5 Å². The summed E-state index contributed by atoms with van der Waals surface area (Å²) >= 11 is 0.